The highest BCUT2D eigenvalue weighted by atomic mass is 32.2. The molecule has 0 atom stereocenters. The van der Waals surface area contributed by atoms with Gasteiger partial charge in [0, 0.05) is 51.8 Å². The molecule has 0 saturated carbocycles. The predicted octanol–water partition coefficient (Wildman–Crippen LogP) is 0.862. The average molecular weight is 877 g/mol. The smallest absolute Gasteiger partial charge is 0.338 e. The molecule has 4 aromatic carbocycles. The molecule has 22 heteroatoms. The number of nitrogens with zero attached hydrogens (tertiary/aromatic N) is 6. The van der Waals surface area contributed by atoms with Gasteiger partial charge in [-0.05, 0) is 125 Å². The van der Waals surface area contributed by atoms with E-state index in [9.17, 15) is 25.9 Å². The van der Waals surface area contributed by atoms with E-state index in [-0.39, 0.29) is 21.7 Å². The summed E-state index contributed by atoms with van der Waals surface area (Å²) in [5.74, 6) is 0.509. The summed E-state index contributed by atoms with van der Waals surface area (Å²) in [7, 11) is -3.54. The minimum absolute atomic E-state index is 0.255. The number of hydrogen-bond acceptors (Lipinski definition) is 14. The Morgan fingerprint density at radius 2 is 0.667 bits per heavy atom. The number of azo groups is 2. The topological polar surface area (TPSA) is 343 Å². The lowest BCUT2D eigenvalue weighted by Gasteiger charge is -2.20. The van der Waals surface area contributed by atoms with E-state index < -0.39 is 20.2 Å². The molecule has 0 spiro atoms. The van der Waals surface area contributed by atoms with E-state index >= 15 is 0 Å². The maximum absolute atomic E-state index is 10.8. The molecule has 0 fully saturated rings. The summed E-state index contributed by atoms with van der Waals surface area (Å²) in [6.45, 7) is 12.1. The van der Waals surface area contributed by atoms with Gasteiger partial charge in [0.15, 0.2) is 0 Å². The van der Waals surface area contributed by atoms with Crippen LogP contribution in [0.5, 0.6) is 0 Å². The molecule has 0 amide bonds. The molecule has 0 aliphatic carbocycles. The van der Waals surface area contributed by atoms with E-state index in [2.05, 4.69) is 67.9 Å². The van der Waals surface area contributed by atoms with Crippen molar-refractivity contribution in [3.8, 4) is 0 Å². The highest BCUT2D eigenvalue weighted by Crippen LogP contribution is 2.24. The molecule has 0 saturated heterocycles. The summed E-state index contributed by atoms with van der Waals surface area (Å²) >= 11 is 0. The van der Waals surface area contributed by atoms with Crippen molar-refractivity contribution in [2.24, 2.45) is 43.4 Å². The summed E-state index contributed by atoms with van der Waals surface area (Å²) < 4.78 is 65.1. The third kappa shape index (κ3) is 23.4. The number of nitrogens with one attached hydrogen (secondary N) is 2. The molecule has 332 valence electrons. The van der Waals surface area contributed by atoms with Crippen molar-refractivity contribution < 1.29 is 46.1 Å². The van der Waals surface area contributed by atoms with Crippen LogP contribution in [0.3, 0.4) is 0 Å². The Hall–Kier alpha value is -6.04. The van der Waals surface area contributed by atoms with Gasteiger partial charge in [-0.15, -0.1) is 0 Å². The second-order valence-corrected chi connectivity index (χ2v) is 13.8. The summed E-state index contributed by atoms with van der Waals surface area (Å²) in [5.41, 5.74) is 24.1. The van der Waals surface area contributed by atoms with E-state index in [4.69, 9.17) is 33.1 Å². The molecule has 4 aromatic rings. The van der Waals surface area contributed by atoms with Crippen molar-refractivity contribution >= 4 is 66.3 Å². The fourth-order valence-electron chi connectivity index (χ4n) is 4.23. The van der Waals surface area contributed by atoms with Gasteiger partial charge in [-0.25, -0.2) is 16.8 Å². The second-order valence-electron chi connectivity index (χ2n) is 11.1. The zero-order valence-corrected chi connectivity index (χ0v) is 36.9. The normalized spacial score (nSPS) is 10.3. The Kier molecular flexibility index (Phi) is 28.9. The number of aliphatic hydroxyl groups is 2. The van der Waals surface area contributed by atoms with Gasteiger partial charge in [0.1, 0.15) is 20.2 Å². The van der Waals surface area contributed by atoms with Crippen LogP contribution < -0.4 is 42.7 Å². The van der Waals surface area contributed by atoms with Gasteiger partial charge in [0.05, 0.1) is 46.6 Å². The van der Waals surface area contributed by atoms with Crippen LogP contribution in [0.2, 0.25) is 0 Å². The number of hydrogen-bond donors (Lipinski definition) is 8. The van der Waals surface area contributed by atoms with Crippen LogP contribution in [0.25, 0.3) is 0 Å². The Bertz CT molecular complexity index is 1930. The maximum Gasteiger partial charge on any atom is 0.338 e. The first-order valence-corrected chi connectivity index (χ1v) is 20.9. The second kappa shape index (κ2) is 31.0. The SMILES string of the molecule is CCN(CC)c1ccc(N=Nc2ccc(S(=O)(=O)[O-])cc2)cc1.CCN(CC)c1ccc(N=Nc2ccc(S(=O)(=O)[O-])cc2)cc1.CO.CO.C[NH+]=C(N)N.C[NH+]=C(N)N. The minimum Gasteiger partial charge on any atom is -0.744 e. The van der Waals surface area contributed by atoms with Crippen LogP contribution in [0.15, 0.2) is 127 Å². The van der Waals surface area contributed by atoms with Crippen LogP contribution in [0.4, 0.5) is 34.1 Å². The quantitative estimate of drug-likeness (QED) is 0.0424. The molecule has 0 bridgehead atoms. The Labute approximate surface area is 353 Å². The van der Waals surface area contributed by atoms with E-state index in [0.717, 1.165) is 51.8 Å². The highest BCUT2D eigenvalue weighted by molar-refractivity contribution is 7.86. The molecule has 0 heterocycles. The molecule has 4 rings (SSSR count). The molecule has 0 aliphatic heterocycles. The van der Waals surface area contributed by atoms with Gasteiger partial charge in [-0.3, -0.25) is 32.9 Å². The number of nitrogens with two attached hydrogens (primary N) is 4. The fourth-order valence-corrected chi connectivity index (χ4v) is 5.17. The molecule has 12 N–H and O–H groups in total. The summed E-state index contributed by atoms with van der Waals surface area (Å²) in [6.07, 6.45) is 0. The van der Waals surface area contributed by atoms with Gasteiger partial charge in [-0.1, -0.05) is 0 Å². The van der Waals surface area contributed by atoms with Gasteiger partial charge >= 0.3 is 11.9 Å². The van der Waals surface area contributed by atoms with E-state index in [1.807, 2.05) is 48.5 Å². The average Bonchev–Trinajstić information content (AvgIpc) is 3.25. The van der Waals surface area contributed by atoms with Crippen LogP contribution in [-0.2, 0) is 20.2 Å². The summed E-state index contributed by atoms with van der Waals surface area (Å²) in [4.78, 5) is 8.89. The third-order valence-corrected chi connectivity index (χ3v) is 9.05. The standard InChI is InChI=1S/2C16H19N3O3S.2C2H7N3.2CH4O/c2*1-3-19(4-2)15-9-5-13(6-10-15)17-18-14-7-11-16(12-8-14)23(20,21)22;2*1-5-2(3)4;2*1-2/h2*5-12H,3-4H2,1-2H3,(H,20,21,22);2*1H3,(H4,3,4,5);2*2H,1H3. The lowest BCUT2D eigenvalue weighted by Crippen LogP contribution is -2.73. The van der Waals surface area contributed by atoms with Crippen molar-refractivity contribution in [2.45, 2.75) is 37.5 Å². The number of aliphatic hydroxyl groups excluding tert-OH is 2. The van der Waals surface area contributed by atoms with Crippen molar-refractivity contribution in [3.05, 3.63) is 97.1 Å². The van der Waals surface area contributed by atoms with E-state index in [1.165, 1.54) is 48.5 Å². The number of guanidine groups is 2. The molecule has 0 radical (unpaired) electrons. The fraction of sp³-hybridized carbons (Fsp3) is 0.316. The van der Waals surface area contributed by atoms with E-state index in [1.54, 1.807) is 14.1 Å². The monoisotopic (exact) mass is 876 g/mol. The number of anilines is 2. The van der Waals surface area contributed by atoms with Gasteiger partial charge < -0.3 is 29.1 Å². The first-order valence-electron chi connectivity index (χ1n) is 18.1. The van der Waals surface area contributed by atoms with Gasteiger partial charge in [0.25, 0.3) is 0 Å². The summed E-state index contributed by atoms with van der Waals surface area (Å²) in [6, 6.07) is 26.1. The lowest BCUT2D eigenvalue weighted by atomic mass is 10.2. The van der Waals surface area contributed by atoms with Crippen LogP contribution >= 0.6 is 0 Å². The van der Waals surface area contributed by atoms with Crippen LogP contribution in [-0.4, -0.2) is 103 Å². The molecule has 0 unspecified atom stereocenters. The van der Waals surface area contributed by atoms with Crippen molar-refractivity contribution in [3.63, 3.8) is 0 Å². The largest absolute Gasteiger partial charge is 0.744 e. The maximum atomic E-state index is 10.8. The summed E-state index contributed by atoms with van der Waals surface area (Å²) in [5, 5.41) is 30.3. The zero-order valence-electron chi connectivity index (χ0n) is 35.2. The number of rotatable bonds is 12. The molecule has 0 aromatic heterocycles. The zero-order chi connectivity index (χ0) is 46.3. The highest BCUT2D eigenvalue weighted by Gasteiger charge is 2.04. The Balaban J connectivity index is 0. The Morgan fingerprint density at radius 1 is 0.483 bits per heavy atom. The lowest BCUT2D eigenvalue weighted by molar-refractivity contribution is -0.422. The third-order valence-electron chi connectivity index (χ3n) is 7.35. The van der Waals surface area contributed by atoms with Gasteiger partial charge in [0.2, 0.25) is 0 Å². The molecule has 0 aliphatic rings. The van der Waals surface area contributed by atoms with Crippen molar-refractivity contribution in [1.82, 2.24) is 0 Å². The number of benzene rings is 4. The van der Waals surface area contributed by atoms with Crippen LogP contribution in [0, 0.1) is 0 Å². The van der Waals surface area contributed by atoms with Crippen molar-refractivity contribution in [1.29, 1.82) is 0 Å². The molecular weight excluding hydrogens is 817 g/mol. The first kappa shape index (κ1) is 56.1. The molecule has 20 nitrogen and oxygen atoms in total. The first-order chi connectivity index (χ1) is 28.4. The molecule has 60 heavy (non-hydrogen) atoms. The van der Waals surface area contributed by atoms with E-state index in [0.29, 0.717) is 22.7 Å². The minimum atomic E-state index is -4.43. The van der Waals surface area contributed by atoms with Gasteiger partial charge in [-0.2, -0.15) is 20.5 Å². The predicted molar refractivity (Wildman–Crippen MR) is 234 cm³/mol. The van der Waals surface area contributed by atoms with Crippen molar-refractivity contribution in [2.75, 3.05) is 64.3 Å². The Morgan fingerprint density at radius 3 is 0.817 bits per heavy atom. The molecular formula is C38H60N12O8S2. The van der Waals surface area contributed by atoms with Crippen LogP contribution in [0.1, 0.15) is 27.7 Å².